The number of rotatable bonds is 4. The lowest BCUT2D eigenvalue weighted by molar-refractivity contribution is -0.151. The van der Waals surface area contributed by atoms with Crippen LogP contribution in [-0.4, -0.2) is 51.3 Å². The maximum absolute atomic E-state index is 11.9. The molecule has 0 aromatic rings. The van der Waals surface area contributed by atoms with E-state index in [-0.39, 0.29) is 29.5 Å². The van der Waals surface area contributed by atoms with Gasteiger partial charge in [-0.15, -0.1) is 11.8 Å². The topological polar surface area (TPSA) is 83.9 Å². The summed E-state index contributed by atoms with van der Waals surface area (Å²) in [6.45, 7) is 1.16. The zero-order valence-electron chi connectivity index (χ0n) is 10.2. The number of carbonyl (C=O) groups is 3. The zero-order chi connectivity index (χ0) is 14.2. The van der Waals surface area contributed by atoms with Crippen molar-refractivity contribution in [1.29, 1.82) is 0 Å². The third kappa shape index (κ3) is 2.46. The summed E-state index contributed by atoms with van der Waals surface area (Å²) >= 11 is 5.58. The minimum Gasteiger partial charge on any atom is -0.477 e. The molecule has 1 fully saturated rings. The van der Waals surface area contributed by atoms with Crippen LogP contribution >= 0.6 is 24.4 Å². The van der Waals surface area contributed by atoms with Crippen molar-refractivity contribution in [1.82, 2.24) is 4.90 Å². The molecular weight excluding hydrogens is 290 g/mol. The number of hydrogen-bond donors (Lipinski definition) is 2. The fourth-order valence-electron chi connectivity index (χ4n) is 2.10. The molecule has 0 aromatic heterocycles. The van der Waals surface area contributed by atoms with E-state index in [1.165, 1.54) is 23.6 Å². The van der Waals surface area contributed by atoms with Crippen LogP contribution in [-0.2, 0) is 19.1 Å². The molecule has 0 radical (unpaired) electrons. The molecule has 2 heterocycles. The van der Waals surface area contributed by atoms with Gasteiger partial charge in [-0.1, -0.05) is 0 Å². The lowest BCUT2D eigenvalue weighted by atomic mass is 9.97. The van der Waals surface area contributed by atoms with Gasteiger partial charge in [-0.3, -0.25) is 14.5 Å². The van der Waals surface area contributed by atoms with Crippen LogP contribution < -0.4 is 0 Å². The van der Waals surface area contributed by atoms with Crippen LogP contribution in [0.1, 0.15) is 6.92 Å². The second-order valence-corrected chi connectivity index (χ2v) is 5.71. The van der Waals surface area contributed by atoms with E-state index in [0.717, 1.165) is 0 Å². The molecule has 0 bridgehead atoms. The van der Waals surface area contributed by atoms with Crippen molar-refractivity contribution in [3.63, 3.8) is 0 Å². The van der Waals surface area contributed by atoms with Crippen LogP contribution in [0.2, 0.25) is 0 Å². The van der Waals surface area contributed by atoms with E-state index in [4.69, 9.17) is 4.74 Å². The van der Waals surface area contributed by atoms with Crippen molar-refractivity contribution >= 4 is 42.2 Å². The van der Waals surface area contributed by atoms with Crippen molar-refractivity contribution in [3.05, 3.63) is 11.3 Å². The standard InChI is InChI=1S/C11H13NO5S2/c1-5(13)17-2-6-4-19-10-7(3-18)9(14)12(10)8(6)11(15)16/h7,10,18H,2-4H2,1H3,(H,15,16)/t7-,10+/m0/s1. The Labute approximate surface area is 119 Å². The molecule has 0 saturated carbocycles. The zero-order valence-corrected chi connectivity index (χ0v) is 11.9. The van der Waals surface area contributed by atoms with E-state index >= 15 is 0 Å². The lowest BCUT2D eigenvalue weighted by Gasteiger charge is -2.49. The monoisotopic (exact) mass is 303 g/mol. The Morgan fingerprint density at radius 3 is 2.79 bits per heavy atom. The van der Waals surface area contributed by atoms with Crippen molar-refractivity contribution in [2.24, 2.45) is 5.92 Å². The maximum Gasteiger partial charge on any atom is 0.352 e. The number of nitrogens with zero attached hydrogens (tertiary/aromatic N) is 1. The number of thioether (sulfide) groups is 1. The van der Waals surface area contributed by atoms with Gasteiger partial charge in [0.25, 0.3) is 0 Å². The van der Waals surface area contributed by atoms with Crippen LogP contribution in [0.3, 0.4) is 0 Å². The highest BCUT2D eigenvalue weighted by Gasteiger charge is 2.52. The molecule has 1 amide bonds. The molecule has 19 heavy (non-hydrogen) atoms. The molecule has 1 saturated heterocycles. The Morgan fingerprint density at radius 2 is 2.26 bits per heavy atom. The number of esters is 1. The third-order valence-electron chi connectivity index (χ3n) is 3.01. The Balaban J connectivity index is 2.25. The summed E-state index contributed by atoms with van der Waals surface area (Å²) < 4.78 is 4.83. The van der Waals surface area contributed by atoms with Gasteiger partial charge in [0.15, 0.2) is 0 Å². The van der Waals surface area contributed by atoms with Gasteiger partial charge >= 0.3 is 11.9 Å². The second kappa shape index (κ2) is 5.46. The molecule has 2 atom stereocenters. The van der Waals surface area contributed by atoms with E-state index < -0.39 is 11.9 Å². The van der Waals surface area contributed by atoms with Gasteiger partial charge in [-0.25, -0.2) is 4.79 Å². The molecular formula is C11H13NO5S2. The average Bonchev–Trinajstić information content (AvgIpc) is 2.35. The normalized spacial score (nSPS) is 25.8. The summed E-state index contributed by atoms with van der Waals surface area (Å²) in [6.07, 6.45) is 0. The molecule has 2 aliphatic rings. The van der Waals surface area contributed by atoms with Crippen LogP contribution in [0.5, 0.6) is 0 Å². The van der Waals surface area contributed by atoms with Gasteiger partial charge in [0.05, 0.1) is 11.3 Å². The fourth-order valence-corrected chi connectivity index (χ4v) is 3.99. The maximum atomic E-state index is 11.9. The summed E-state index contributed by atoms with van der Waals surface area (Å²) in [5.74, 6) is -1.28. The van der Waals surface area contributed by atoms with Crippen LogP contribution in [0, 0.1) is 5.92 Å². The first kappa shape index (κ1) is 14.3. The number of fused-ring (bicyclic) bond motifs is 1. The molecule has 0 unspecified atom stereocenters. The van der Waals surface area contributed by atoms with Gasteiger partial charge in [-0.2, -0.15) is 12.6 Å². The summed E-state index contributed by atoms with van der Waals surface area (Å²) in [6, 6.07) is 0. The van der Waals surface area contributed by atoms with Gasteiger partial charge in [0.1, 0.15) is 12.3 Å². The van der Waals surface area contributed by atoms with Crippen molar-refractivity contribution < 1.29 is 24.2 Å². The van der Waals surface area contributed by atoms with Crippen molar-refractivity contribution in [2.75, 3.05) is 18.1 Å². The third-order valence-corrected chi connectivity index (χ3v) is 4.80. The van der Waals surface area contributed by atoms with Gasteiger partial charge < -0.3 is 9.84 Å². The molecule has 104 valence electrons. The van der Waals surface area contributed by atoms with Gasteiger partial charge in [-0.05, 0) is 0 Å². The predicted molar refractivity (Wildman–Crippen MR) is 71.7 cm³/mol. The highest BCUT2D eigenvalue weighted by atomic mass is 32.2. The first-order chi connectivity index (χ1) is 8.97. The molecule has 2 rings (SSSR count). The fraction of sp³-hybridized carbons (Fsp3) is 0.545. The van der Waals surface area contributed by atoms with Crippen LogP contribution in [0.4, 0.5) is 0 Å². The summed E-state index contributed by atoms with van der Waals surface area (Å²) in [5.41, 5.74) is 0.406. The largest absolute Gasteiger partial charge is 0.477 e. The minimum absolute atomic E-state index is 0.0481. The van der Waals surface area contributed by atoms with Gasteiger partial charge in [0.2, 0.25) is 5.91 Å². The molecule has 1 N–H and O–H groups in total. The number of aliphatic carboxylic acids is 1. The average molecular weight is 303 g/mol. The number of carboxylic acid groups (broad SMARTS) is 1. The molecule has 0 aliphatic carbocycles. The number of β-lactam (4-membered cyclic amide) rings is 1. The highest BCUT2D eigenvalue weighted by molar-refractivity contribution is 8.00. The number of ether oxygens (including phenoxy) is 1. The van der Waals surface area contributed by atoms with E-state index in [9.17, 15) is 19.5 Å². The Bertz CT molecular complexity index is 476. The Morgan fingerprint density at radius 1 is 1.58 bits per heavy atom. The van der Waals surface area contributed by atoms with E-state index in [1.54, 1.807) is 0 Å². The van der Waals surface area contributed by atoms with E-state index in [0.29, 0.717) is 17.1 Å². The number of carbonyl (C=O) groups excluding carboxylic acids is 2. The number of thiol groups is 1. The summed E-state index contributed by atoms with van der Waals surface area (Å²) in [4.78, 5) is 35.3. The van der Waals surface area contributed by atoms with E-state index in [2.05, 4.69) is 12.6 Å². The summed E-state index contributed by atoms with van der Waals surface area (Å²) in [5, 5.41) is 9.08. The highest BCUT2D eigenvalue weighted by Crippen LogP contribution is 2.44. The number of hydrogen-bond acceptors (Lipinski definition) is 6. The predicted octanol–water partition coefficient (Wildman–Crippen LogP) is 0.349. The van der Waals surface area contributed by atoms with Gasteiger partial charge in [0, 0.05) is 24.0 Å². The summed E-state index contributed by atoms with van der Waals surface area (Å²) in [7, 11) is 0. The molecule has 8 heteroatoms. The van der Waals surface area contributed by atoms with Crippen molar-refractivity contribution in [2.45, 2.75) is 12.3 Å². The number of carboxylic acids is 1. The molecule has 0 spiro atoms. The smallest absolute Gasteiger partial charge is 0.352 e. The quantitative estimate of drug-likeness (QED) is 0.443. The first-order valence-electron chi connectivity index (χ1n) is 5.61. The molecule has 2 aliphatic heterocycles. The SMILES string of the molecule is CC(=O)OCC1=C(C(=O)O)N2C(=O)[C@H](CS)[C@H]2SC1. The number of amides is 1. The lowest BCUT2D eigenvalue weighted by Crippen LogP contribution is -2.62. The molecule has 6 nitrogen and oxygen atoms in total. The van der Waals surface area contributed by atoms with Crippen LogP contribution in [0.15, 0.2) is 11.3 Å². The van der Waals surface area contributed by atoms with E-state index in [1.807, 2.05) is 0 Å². The van der Waals surface area contributed by atoms with Crippen molar-refractivity contribution in [3.8, 4) is 0 Å². The Kier molecular flexibility index (Phi) is 4.10. The first-order valence-corrected chi connectivity index (χ1v) is 7.29. The molecule has 0 aromatic carbocycles. The second-order valence-electron chi connectivity index (χ2n) is 4.24. The van der Waals surface area contributed by atoms with Crippen LogP contribution in [0.25, 0.3) is 0 Å². The minimum atomic E-state index is -1.17. The Hall–Kier alpha value is -1.15.